The van der Waals surface area contributed by atoms with Crippen LogP contribution in [0.15, 0.2) is 42.5 Å². The first-order valence-electron chi connectivity index (χ1n) is 7.54. The van der Waals surface area contributed by atoms with Crippen molar-refractivity contribution >= 4 is 0 Å². The van der Waals surface area contributed by atoms with Crippen LogP contribution in [0.1, 0.15) is 11.1 Å². The molecule has 0 saturated heterocycles. The highest BCUT2D eigenvalue weighted by atomic mass is 16.3. The average molecular weight is 318 g/mol. The standard InChI is InChI=1S/C18H22O5/c19-10-14(6-12-2-1-3-16(21)7-12)15(11-20)8-13-9-17(22)4-5-18(13)23/h1-5,7,9,14-15,19-23H,6,8,10-11H2. The van der Waals surface area contributed by atoms with Crippen LogP contribution >= 0.6 is 0 Å². The third-order valence-corrected chi connectivity index (χ3v) is 4.09. The summed E-state index contributed by atoms with van der Waals surface area (Å²) in [6, 6.07) is 11.0. The summed E-state index contributed by atoms with van der Waals surface area (Å²) in [6.07, 6.45) is 0.830. The van der Waals surface area contributed by atoms with Gasteiger partial charge in [-0.15, -0.1) is 0 Å². The molecule has 0 aromatic heterocycles. The Balaban J connectivity index is 2.15. The lowest BCUT2D eigenvalue weighted by atomic mass is 9.83. The van der Waals surface area contributed by atoms with E-state index in [9.17, 15) is 25.5 Å². The van der Waals surface area contributed by atoms with Gasteiger partial charge in [0.25, 0.3) is 0 Å². The topological polar surface area (TPSA) is 101 Å². The lowest BCUT2D eigenvalue weighted by molar-refractivity contribution is 0.119. The fourth-order valence-corrected chi connectivity index (χ4v) is 2.76. The van der Waals surface area contributed by atoms with Crippen molar-refractivity contribution in [3.05, 3.63) is 53.6 Å². The number of hydrogen-bond donors (Lipinski definition) is 5. The highest BCUT2D eigenvalue weighted by molar-refractivity contribution is 5.39. The highest BCUT2D eigenvalue weighted by Crippen LogP contribution is 2.29. The molecule has 2 unspecified atom stereocenters. The second-order valence-corrected chi connectivity index (χ2v) is 5.78. The molecule has 0 aliphatic rings. The minimum absolute atomic E-state index is 0.0445. The molecule has 0 aliphatic heterocycles. The summed E-state index contributed by atoms with van der Waals surface area (Å²) >= 11 is 0. The molecule has 0 fully saturated rings. The van der Waals surface area contributed by atoms with E-state index in [1.165, 1.54) is 18.2 Å². The van der Waals surface area contributed by atoms with Crippen LogP contribution in [0.5, 0.6) is 17.2 Å². The smallest absolute Gasteiger partial charge is 0.119 e. The number of hydrogen-bond acceptors (Lipinski definition) is 5. The lowest BCUT2D eigenvalue weighted by Crippen LogP contribution is -2.26. The number of phenolic OH excluding ortho intramolecular Hbond substituents is 3. The summed E-state index contributed by atoms with van der Waals surface area (Å²) < 4.78 is 0. The Hall–Kier alpha value is -2.24. The van der Waals surface area contributed by atoms with E-state index in [1.807, 2.05) is 6.07 Å². The summed E-state index contributed by atoms with van der Waals surface area (Å²) in [5.41, 5.74) is 1.39. The van der Waals surface area contributed by atoms with Crippen LogP contribution < -0.4 is 0 Å². The van der Waals surface area contributed by atoms with Gasteiger partial charge < -0.3 is 25.5 Å². The molecule has 2 atom stereocenters. The molecule has 5 N–H and O–H groups in total. The summed E-state index contributed by atoms with van der Waals surface area (Å²) in [4.78, 5) is 0. The van der Waals surface area contributed by atoms with E-state index >= 15 is 0 Å². The van der Waals surface area contributed by atoms with Crippen molar-refractivity contribution in [2.24, 2.45) is 11.8 Å². The highest BCUT2D eigenvalue weighted by Gasteiger charge is 2.22. The Morgan fingerprint density at radius 1 is 0.739 bits per heavy atom. The molecule has 0 aliphatic carbocycles. The van der Waals surface area contributed by atoms with Gasteiger partial charge in [0.2, 0.25) is 0 Å². The van der Waals surface area contributed by atoms with Gasteiger partial charge in [-0.25, -0.2) is 0 Å². The van der Waals surface area contributed by atoms with Crippen molar-refractivity contribution < 1.29 is 25.5 Å². The van der Waals surface area contributed by atoms with Gasteiger partial charge in [-0.05, 0) is 66.1 Å². The summed E-state index contributed by atoms with van der Waals surface area (Å²) in [7, 11) is 0. The first-order valence-corrected chi connectivity index (χ1v) is 7.54. The molecule has 2 aromatic rings. The van der Waals surface area contributed by atoms with Crippen LogP contribution in [0.2, 0.25) is 0 Å². The maximum Gasteiger partial charge on any atom is 0.119 e. The fourth-order valence-electron chi connectivity index (χ4n) is 2.76. The molecule has 2 aromatic carbocycles. The van der Waals surface area contributed by atoms with E-state index in [-0.39, 0.29) is 42.3 Å². The molecule has 5 heteroatoms. The number of benzene rings is 2. The monoisotopic (exact) mass is 318 g/mol. The number of aliphatic hydroxyl groups excluding tert-OH is 2. The van der Waals surface area contributed by atoms with Crippen LogP contribution in [0, 0.1) is 11.8 Å². The van der Waals surface area contributed by atoms with Crippen LogP contribution in [0.25, 0.3) is 0 Å². The predicted octanol–water partition coefficient (Wildman–Crippen LogP) is 1.81. The summed E-state index contributed by atoms with van der Waals surface area (Å²) in [5.74, 6) is -0.262. The van der Waals surface area contributed by atoms with Gasteiger partial charge in [0, 0.05) is 13.2 Å². The van der Waals surface area contributed by atoms with Crippen LogP contribution in [0.4, 0.5) is 0 Å². The Kier molecular flexibility index (Phi) is 5.84. The van der Waals surface area contributed by atoms with E-state index in [2.05, 4.69) is 0 Å². The lowest BCUT2D eigenvalue weighted by Gasteiger charge is -2.24. The number of aromatic hydroxyl groups is 3. The summed E-state index contributed by atoms with van der Waals surface area (Å²) in [6.45, 7) is -0.278. The van der Waals surface area contributed by atoms with Gasteiger partial charge in [-0.3, -0.25) is 0 Å². The average Bonchev–Trinajstić information content (AvgIpc) is 2.54. The van der Waals surface area contributed by atoms with Crippen molar-refractivity contribution in [3.63, 3.8) is 0 Å². The zero-order valence-electron chi connectivity index (χ0n) is 12.8. The molecule has 0 bridgehead atoms. The first kappa shape index (κ1) is 17.1. The molecule has 0 radical (unpaired) electrons. The van der Waals surface area contributed by atoms with E-state index < -0.39 is 0 Å². The Morgan fingerprint density at radius 3 is 2.04 bits per heavy atom. The Labute approximate surface area is 135 Å². The maximum absolute atomic E-state index is 9.87. The molecule has 23 heavy (non-hydrogen) atoms. The molecule has 0 heterocycles. The molecular weight excluding hydrogens is 296 g/mol. The van der Waals surface area contributed by atoms with Crippen molar-refractivity contribution in [1.82, 2.24) is 0 Å². The molecule has 2 rings (SSSR count). The largest absolute Gasteiger partial charge is 0.508 e. The van der Waals surface area contributed by atoms with Crippen molar-refractivity contribution in [3.8, 4) is 17.2 Å². The quantitative estimate of drug-likeness (QED) is 0.501. The van der Waals surface area contributed by atoms with Crippen LogP contribution in [-0.4, -0.2) is 38.7 Å². The van der Waals surface area contributed by atoms with Crippen LogP contribution in [0.3, 0.4) is 0 Å². The zero-order valence-corrected chi connectivity index (χ0v) is 12.8. The SMILES string of the molecule is OCC(Cc1cccc(O)c1)C(CO)Cc1cc(O)ccc1O. The van der Waals surface area contributed by atoms with Crippen molar-refractivity contribution in [2.45, 2.75) is 12.8 Å². The van der Waals surface area contributed by atoms with Gasteiger partial charge in [0.1, 0.15) is 17.2 Å². The molecule has 124 valence electrons. The minimum atomic E-state index is -0.282. The molecule has 0 amide bonds. The second kappa shape index (κ2) is 7.85. The zero-order chi connectivity index (χ0) is 16.8. The van der Waals surface area contributed by atoms with E-state index in [4.69, 9.17) is 0 Å². The van der Waals surface area contributed by atoms with Gasteiger partial charge in [-0.2, -0.15) is 0 Å². The normalized spacial score (nSPS) is 13.7. The van der Waals surface area contributed by atoms with E-state index in [1.54, 1.807) is 18.2 Å². The van der Waals surface area contributed by atoms with Gasteiger partial charge >= 0.3 is 0 Å². The minimum Gasteiger partial charge on any atom is -0.508 e. The number of phenols is 3. The van der Waals surface area contributed by atoms with Crippen molar-refractivity contribution in [1.29, 1.82) is 0 Å². The Bertz CT molecular complexity index is 641. The van der Waals surface area contributed by atoms with Gasteiger partial charge in [-0.1, -0.05) is 12.1 Å². The number of rotatable bonds is 7. The van der Waals surface area contributed by atoms with E-state index in [0.717, 1.165) is 5.56 Å². The van der Waals surface area contributed by atoms with Crippen molar-refractivity contribution in [2.75, 3.05) is 13.2 Å². The molecule has 0 spiro atoms. The molecule has 0 saturated carbocycles. The summed E-state index contributed by atoms with van der Waals surface area (Å²) in [5, 5.41) is 48.3. The molecular formula is C18H22O5. The second-order valence-electron chi connectivity index (χ2n) is 5.78. The van der Waals surface area contributed by atoms with Gasteiger partial charge in [0.15, 0.2) is 0 Å². The van der Waals surface area contributed by atoms with Gasteiger partial charge in [0.05, 0.1) is 0 Å². The Morgan fingerprint density at radius 2 is 1.39 bits per heavy atom. The predicted molar refractivity (Wildman–Crippen MR) is 86.4 cm³/mol. The third kappa shape index (κ3) is 4.61. The maximum atomic E-state index is 9.87. The fraction of sp³-hybridized carbons (Fsp3) is 0.333. The third-order valence-electron chi connectivity index (χ3n) is 4.09. The van der Waals surface area contributed by atoms with E-state index in [0.29, 0.717) is 18.4 Å². The number of aliphatic hydroxyl groups is 2. The molecule has 5 nitrogen and oxygen atoms in total. The first-order chi connectivity index (χ1) is 11.0. The van der Waals surface area contributed by atoms with Crippen LogP contribution in [-0.2, 0) is 12.8 Å².